The number of carboxylic acids is 1. The minimum absolute atomic E-state index is 0.0936. The zero-order chi connectivity index (χ0) is 16.2. The number of benzene rings is 1. The van der Waals surface area contributed by atoms with Crippen molar-refractivity contribution >= 4 is 11.9 Å². The molecule has 1 N–H and O–H groups in total. The predicted molar refractivity (Wildman–Crippen MR) is 80.0 cm³/mol. The Hall–Kier alpha value is -2.24. The molecule has 1 aliphatic rings. The van der Waals surface area contributed by atoms with E-state index in [1.807, 2.05) is 6.92 Å². The van der Waals surface area contributed by atoms with Crippen LogP contribution >= 0.6 is 0 Å². The number of rotatable bonds is 6. The van der Waals surface area contributed by atoms with E-state index < -0.39 is 11.4 Å². The summed E-state index contributed by atoms with van der Waals surface area (Å²) in [5, 5.41) is 9.17. The van der Waals surface area contributed by atoms with E-state index in [1.165, 1.54) is 0 Å². The third-order valence-electron chi connectivity index (χ3n) is 3.84. The van der Waals surface area contributed by atoms with Gasteiger partial charge in [-0.1, -0.05) is 0 Å². The lowest BCUT2D eigenvalue weighted by molar-refractivity contribution is -0.147. The number of carbonyl (C=O) groups excluding carboxylic acids is 1. The summed E-state index contributed by atoms with van der Waals surface area (Å²) in [5.74, 6) is 0.268. The Balaban J connectivity index is 1.84. The van der Waals surface area contributed by atoms with Gasteiger partial charge in [0, 0.05) is 13.1 Å². The van der Waals surface area contributed by atoms with E-state index in [-0.39, 0.29) is 19.1 Å². The molecule has 1 aliphatic heterocycles. The molecule has 0 aliphatic carbocycles. The smallest absolute Gasteiger partial charge is 0.311 e. The fourth-order valence-electron chi connectivity index (χ4n) is 2.38. The molecule has 0 spiro atoms. The third-order valence-corrected chi connectivity index (χ3v) is 3.84. The Bertz CT molecular complexity index is 542. The Morgan fingerprint density at radius 1 is 1.23 bits per heavy atom. The maximum absolute atomic E-state index is 12.1. The van der Waals surface area contributed by atoms with Crippen LogP contribution in [0.3, 0.4) is 0 Å². The second-order valence-corrected chi connectivity index (χ2v) is 5.62. The molecule has 1 aromatic rings. The number of carbonyl (C=O) groups is 2. The number of ether oxygens (including phenoxy) is 2. The highest BCUT2D eigenvalue weighted by molar-refractivity contribution is 5.81. The van der Waals surface area contributed by atoms with Gasteiger partial charge in [0.15, 0.2) is 6.61 Å². The summed E-state index contributed by atoms with van der Waals surface area (Å²) in [5.41, 5.74) is -0.852. The Kier molecular flexibility index (Phi) is 4.90. The van der Waals surface area contributed by atoms with Gasteiger partial charge in [0.05, 0.1) is 12.0 Å². The Labute approximate surface area is 129 Å². The van der Waals surface area contributed by atoms with E-state index in [0.29, 0.717) is 25.3 Å². The molecular formula is C16H21NO5. The van der Waals surface area contributed by atoms with E-state index in [0.717, 1.165) is 5.75 Å². The highest BCUT2D eigenvalue weighted by Crippen LogP contribution is 2.30. The number of hydrogen-bond acceptors (Lipinski definition) is 4. The van der Waals surface area contributed by atoms with E-state index in [9.17, 15) is 9.59 Å². The van der Waals surface area contributed by atoms with Crippen molar-refractivity contribution in [1.29, 1.82) is 0 Å². The Morgan fingerprint density at radius 3 is 2.32 bits per heavy atom. The van der Waals surface area contributed by atoms with Gasteiger partial charge in [-0.25, -0.2) is 0 Å². The summed E-state index contributed by atoms with van der Waals surface area (Å²) in [6, 6.07) is 7.04. The van der Waals surface area contributed by atoms with Crippen molar-refractivity contribution in [1.82, 2.24) is 4.90 Å². The van der Waals surface area contributed by atoms with Crippen LogP contribution in [0, 0.1) is 5.41 Å². The topological polar surface area (TPSA) is 76.1 Å². The SMILES string of the molecule is CCOc1ccc(OCC(=O)N2CCC(C)(C(=O)O)C2)cc1. The van der Waals surface area contributed by atoms with Crippen molar-refractivity contribution in [2.24, 2.45) is 5.41 Å². The molecular weight excluding hydrogens is 286 g/mol. The largest absolute Gasteiger partial charge is 0.494 e. The summed E-state index contributed by atoms with van der Waals surface area (Å²) in [7, 11) is 0. The molecule has 1 unspecified atom stereocenters. The van der Waals surface area contributed by atoms with Crippen molar-refractivity contribution in [3.05, 3.63) is 24.3 Å². The molecule has 0 aromatic heterocycles. The molecule has 120 valence electrons. The lowest BCUT2D eigenvalue weighted by Gasteiger charge is -2.20. The van der Waals surface area contributed by atoms with E-state index in [2.05, 4.69) is 0 Å². The van der Waals surface area contributed by atoms with E-state index >= 15 is 0 Å². The lowest BCUT2D eigenvalue weighted by atomic mass is 9.90. The lowest BCUT2D eigenvalue weighted by Crippen LogP contribution is -2.37. The monoisotopic (exact) mass is 307 g/mol. The van der Waals surface area contributed by atoms with Crippen LogP contribution in [0.25, 0.3) is 0 Å². The number of hydrogen-bond donors (Lipinski definition) is 1. The number of carboxylic acid groups (broad SMARTS) is 1. The van der Waals surface area contributed by atoms with Gasteiger partial charge in [-0.3, -0.25) is 9.59 Å². The van der Waals surface area contributed by atoms with Crippen LogP contribution in [0.15, 0.2) is 24.3 Å². The van der Waals surface area contributed by atoms with Gasteiger partial charge in [0.1, 0.15) is 11.5 Å². The average molecular weight is 307 g/mol. The minimum Gasteiger partial charge on any atom is -0.494 e. The molecule has 0 radical (unpaired) electrons. The minimum atomic E-state index is -0.866. The molecule has 1 amide bonds. The number of likely N-dealkylation sites (tertiary alicyclic amines) is 1. The van der Waals surface area contributed by atoms with Crippen molar-refractivity contribution in [2.75, 3.05) is 26.3 Å². The van der Waals surface area contributed by atoms with Crippen LogP contribution in [-0.2, 0) is 9.59 Å². The number of nitrogens with zero attached hydrogens (tertiary/aromatic N) is 1. The van der Waals surface area contributed by atoms with E-state index in [4.69, 9.17) is 14.6 Å². The normalized spacial score (nSPS) is 20.7. The first-order valence-corrected chi connectivity index (χ1v) is 7.31. The zero-order valence-electron chi connectivity index (χ0n) is 12.9. The van der Waals surface area contributed by atoms with Gasteiger partial charge in [-0.15, -0.1) is 0 Å². The highest BCUT2D eigenvalue weighted by atomic mass is 16.5. The van der Waals surface area contributed by atoms with Crippen LogP contribution in [0.2, 0.25) is 0 Å². The molecule has 6 heteroatoms. The average Bonchev–Trinajstić information content (AvgIpc) is 2.91. The summed E-state index contributed by atoms with van der Waals surface area (Å²) in [6.07, 6.45) is 0.469. The Morgan fingerprint density at radius 2 is 1.82 bits per heavy atom. The first-order valence-electron chi connectivity index (χ1n) is 7.31. The molecule has 22 heavy (non-hydrogen) atoms. The van der Waals surface area contributed by atoms with Crippen molar-refractivity contribution in [3.63, 3.8) is 0 Å². The van der Waals surface area contributed by atoms with Crippen LogP contribution < -0.4 is 9.47 Å². The molecule has 1 aromatic carbocycles. The van der Waals surface area contributed by atoms with Crippen molar-refractivity contribution < 1.29 is 24.2 Å². The number of aliphatic carboxylic acids is 1. The van der Waals surface area contributed by atoms with Gasteiger partial charge >= 0.3 is 5.97 Å². The second kappa shape index (κ2) is 6.68. The van der Waals surface area contributed by atoms with Gasteiger partial charge in [0.2, 0.25) is 0 Å². The van der Waals surface area contributed by atoms with Crippen molar-refractivity contribution in [3.8, 4) is 11.5 Å². The first-order chi connectivity index (χ1) is 10.4. The molecule has 1 heterocycles. The van der Waals surface area contributed by atoms with Crippen LogP contribution in [-0.4, -0.2) is 48.2 Å². The highest BCUT2D eigenvalue weighted by Gasteiger charge is 2.42. The van der Waals surface area contributed by atoms with E-state index in [1.54, 1.807) is 36.1 Å². The van der Waals surface area contributed by atoms with Crippen LogP contribution in [0.4, 0.5) is 0 Å². The quantitative estimate of drug-likeness (QED) is 0.867. The summed E-state index contributed by atoms with van der Waals surface area (Å²) >= 11 is 0. The molecule has 1 fully saturated rings. The molecule has 2 rings (SSSR count). The third kappa shape index (κ3) is 3.69. The van der Waals surface area contributed by atoms with Gasteiger partial charge < -0.3 is 19.5 Å². The molecule has 1 atom stereocenters. The summed E-state index contributed by atoms with van der Waals surface area (Å²) in [6.45, 7) is 4.75. The molecule has 0 saturated carbocycles. The first kappa shape index (κ1) is 16.1. The fourth-order valence-corrected chi connectivity index (χ4v) is 2.38. The van der Waals surface area contributed by atoms with Crippen LogP contribution in [0.5, 0.6) is 11.5 Å². The standard InChI is InChI=1S/C16H21NO5/c1-3-21-12-4-6-13(7-5-12)22-10-14(18)17-9-8-16(2,11-17)15(19)20/h4-7H,3,8-11H2,1-2H3,(H,19,20). The van der Waals surface area contributed by atoms with Gasteiger partial charge in [-0.05, 0) is 44.5 Å². The zero-order valence-corrected chi connectivity index (χ0v) is 12.9. The molecule has 0 bridgehead atoms. The maximum atomic E-state index is 12.1. The van der Waals surface area contributed by atoms with Gasteiger partial charge in [0.25, 0.3) is 5.91 Å². The predicted octanol–water partition coefficient (Wildman–Crippen LogP) is 1.79. The van der Waals surface area contributed by atoms with Gasteiger partial charge in [-0.2, -0.15) is 0 Å². The van der Waals surface area contributed by atoms with Crippen LogP contribution in [0.1, 0.15) is 20.3 Å². The van der Waals surface area contributed by atoms with Crippen molar-refractivity contribution in [2.45, 2.75) is 20.3 Å². The molecule has 1 saturated heterocycles. The summed E-state index contributed by atoms with van der Waals surface area (Å²) < 4.78 is 10.8. The second-order valence-electron chi connectivity index (χ2n) is 5.62. The molecule has 6 nitrogen and oxygen atoms in total. The number of amides is 1. The summed E-state index contributed by atoms with van der Waals surface area (Å²) in [4.78, 5) is 24.8. The fraction of sp³-hybridized carbons (Fsp3) is 0.500. The maximum Gasteiger partial charge on any atom is 0.311 e.